The second-order valence-corrected chi connectivity index (χ2v) is 12.4. The third kappa shape index (κ3) is 5.09. The smallest absolute Gasteiger partial charge is 0.213 e. The number of methoxy groups -OCH3 is 1. The summed E-state index contributed by atoms with van der Waals surface area (Å²) < 4.78 is 27.0. The van der Waals surface area contributed by atoms with Gasteiger partial charge in [-0.3, -0.25) is 4.90 Å². The maximum atomic E-state index is 15.1. The monoisotopic (exact) mass is 555 g/mol. The molecule has 3 heterocycles. The fourth-order valence-corrected chi connectivity index (χ4v) is 7.25. The molecule has 214 valence electrons. The molecule has 0 radical (unpaired) electrons. The Morgan fingerprint density at radius 3 is 2.71 bits per heavy atom. The largest absolute Gasteiger partial charge is 0.550 e. The summed E-state index contributed by atoms with van der Waals surface area (Å²) in [5.74, 6) is 0.469. The zero-order valence-electron chi connectivity index (χ0n) is 23.6. The van der Waals surface area contributed by atoms with Crippen molar-refractivity contribution in [2.45, 2.75) is 70.1 Å². The Morgan fingerprint density at radius 2 is 2.00 bits per heavy atom. The second-order valence-electron chi connectivity index (χ2n) is 12.4. The number of carboxylic acids is 1. The molecule has 1 aromatic heterocycles. The molecule has 7 rings (SSSR count). The van der Waals surface area contributed by atoms with Crippen LogP contribution >= 0.6 is 0 Å². The van der Waals surface area contributed by atoms with Crippen molar-refractivity contribution in [2.75, 3.05) is 13.7 Å². The first-order chi connectivity index (χ1) is 19.9. The first-order valence-electron chi connectivity index (χ1n) is 15.0. The molecule has 3 aromatic rings. The van der Waals surface area contributed by atoms with E-state index in [0.717, 1.165) is 78.3 Å². The molecule has 2 aliphatic carbocycles. The van der Waals surface area contributed by atoms with E-state index in [4.69, 9.17) is 9.47 Å². The molecule has 0 amide bonds. The van der Waals surface area contributed by atoms with Gasteiger partial charge in [0.05, 0.1) is 13.3 Å². The molecule has 3 unspecified atom stereocenters. The zero-order chi connectivity index (χ0) is 28.2. The fraction of sp³-hybridized carbons (Fsp3) is 0.471. The molecule has 1 saturated heterocycles. The van der Waals surface area contributed by atoms with Crippen LogP contribution in [0.4, 0.5) is 4.39 Å². The van der Waals surface area contributed by atoms with Gasteiger partial charge in [0.25, 0.3) is 0 Å². The van der Waals surface area contributed by atoms with E-state index in [1.807, 2.05) is 6.07 Å². The van der Waals surface area contributed by atoms with Crippen molar-refractivity contribution in [1.29, 1.82) is 0 Å². The van der Waals surface area contributed by atoms with Crippen LogP contribution in [0.3, 0.4) is 0 Å². The van der Waals surface area contributed by atoms with Gasteiger partial charge in [0.2, 0.25) is 5.88 Å². The number of carbonyl (C=O) groups excluding carboxylic acids is 1. The molecule has 0 bridgehead atoms. The number of aliphatic carboxylic acids is 1. The summed E-state index contributed by atoms with van der Waals surface area (Å²) >= 11 is 0. The Hall–Kier alpha value is -3.45. The molecule has 7 heteroatoms. The number of aryl methyl sites for hydroxylation is 1. The highest BCUT2D eigenvalue weighted by Crippen LogP contribution is 2.49. The van der Waals surface area contributed by atoms with E-state index in [-0.39, 0.29) is 17.8 Å². The van der Waals surface area contributed by atoms with Crippen molar-refractivity contribution in [3.63, 3.8) is 0 Å². The number of rotatable bonds is 9. The number of pyridine rings is 1. The normalized spacial score (nSPS) is 24.6. The molecular formula is C34H36FN2O4-. The zero-order valence-corrected chi connectivity index (χ0v) is 23.6. The van der Waals surface area contributed by atoms with E-state index < -0.39 is 11.9 Å². The number of fused-ring (bicyclic) bond motifs is 2. The minimum absolute atomic E-state index is 0.0564. The fourth-order valence-electron chi connectivity index (χ4n) is 7.25. The van der Waals surface area contributed by atoms with Crippen molar-refractivity contribution < 1.29 is 23.8 Å². The summed E-state index contributed by atoms with van der Waals surface area (Å²) in [4.78, 5) is 18.3. The van der Waals surface area contributed by atoms with Gasteiger partial charge in [-0.25, -0.2) is 9.37 Å². The quantitative estimate of drug-likeness (QED) is 0.350. The Balaban J connectivity index is 1.20. The van der Waals surface area contributed by atoms with Crippen LogP contribution in [0.15, 0.2) is 48.7 Å². The van der Waals surface area contributed by atoms with Crippen LogP contribution in [0.5, 0.6) is 11.6 Å². The first kappa shape index (κ1) is 26.4. The highest BCUT2D eigenvalue weighted by Gasteiger charge is 2.46. The van der Waals surface area contributed by atoms with E-state index in [1.54, 1.807) is 20.1 Å². The maximum absolute atomic E-state index is 15.1. The lowest BCUT2D eigenvalue weighted by Gasteiger charge is -2.30. The molecule has 6 nitrogen and oxygen atoms in total. The Morgan fingerprint density at radius 1 is 1.15 bits per heavy atom. The predicted molar refractivity (Wildman–Crippen MR) is 151 cm³/mol. The van der Waals surface area contributed by atoms with E-state index in [0.29, 0.717) is 23.4 Å². The van der Waals surface area contributed by atoms with Crippen LogP contribution in [0.1, 0.15) is 73.3 Å². The molecule has 5 atom stereocenters. The van der Waals surface area contributed by atoms with Gasteiger partial charge in [0, 0.05) is 36.1 Å². The SMILES string of the molecule is COc1cc(-c2ccc(C3CCc4ccc([C@H](C5CC5)[C@H](C)C(=O)[O-])cc4O3)cc2CN2CCC3CC32)c(F)cn1. The predicted octanol–water partition coefficient (Wildman–Crippen LogP) is 5.44. The Labute approximate surface area is 240 Å². The standard InChI is InChI=1S/C34H37FN2O4/c1-19(34(38)39)33(21-4-5-21)24-6-3-20-8-10-30(41-31(20)15-24)23-7-9-26(27-16-32(40-2)36-17-28(27)35)25(13-23)18-37-12-11-22-14-29(22)37/h3,6-7,9,13,15-17,19,21-22,29-30,33H,4-5,8,10-12,14,18H2,1-2H3,(H,38,39)/p-1/t19-,22?,29?,30?,33-/m0/s1. The van der Waals surface area contributed by atoms with E-state index in [9.17, 15) is 9.90 Å². The topological polar surface area (TPSA) is 74.7 Å². The molecule has 2 aromatic carbocycles. The molecule has 2 saturated carbocycles. The van der Waals surface area contributed by atoms with Gasteiger partial charge < -0.3 is 19.4 Å². The number of hydrogen-bond donors (Lipinski definition) is 0. The number of halogens is 1. The van der Waals surface area contributed by atoms with Gasteiger partial charge in [-0.15, -0.1) is 0 Å². The molecule has 4 aliphatic rings. The highest BCUT2D eigenvalue weighted by molar-refractivity contribution is 5.70. The van der Waals surface area contributed by atoms with Crippen LogP contribution in [-0.2, 0) is 17.8 Å². The van der Waals surface area contributed by atoms with Gasteiger partial charge in [-0.1, -0.05) is 37.3 Å². The van der Waals surface area contributed by atoms with Gasteiger partial charge in [0.1, 0.15) is 17.7 Å². The lowest BCUT2D eigenvalue weighted by Crippen LogP contribution is -2.34. The first-order valence-corrected chi connectivity index (χ1v) is 15.0. The van der Waals surface area contributed by atoms with E-state index in [1.165, 1.54) is 19.0 Å². The summed E-state index contributed by atoms with van der Waals surface area (Å²) in [6.07, 6.45) is 7.43. The Kier molecular flexibility index (Phi) is 6.73. The third-order valence-electron chi connectivity index (χ3n) is 9.81. The average Bonchev–Trinajstić information content (AvgIpc) is 3.92. The summed E-state index contributed by atoms with van der Waals surface area (Å²) in [7, 11) is 1.54. The lowest BCUT2D eigenvalue weighted by atomic mass is 9.82. The van der Waals surface area contributed by atoms with Crippen LogP contribution < -0.4 is 14.6 Å². The third-order valence-corrected chi connectivity index (χ3v) is 9.81. The second kappa shape index (κ2) is 10.4. The van der Waals surface area contributed by atoms with Gasteiger partial charge in [-0.2, -0.15) is 0 Å². The number of likely N-dealkylation sites (tertiary alicyclic amines) is 1. The average molecular weight is 556 g/mol. The number of aromatic nitrogens is 1. The molecule has 41 heavy (non-hydrogen) atoms. The number of carbonyl (C=O) groups is 1. The van der Waals surface area contributed by atoms with Crippen molar-refractivity contribution in [2.24, 2.45) is 17.8 Å². The van der Waals surface area contributed by atoms with Crippen molar-refractivity contribution in [3.8, 4) is 22.8 Å². The number of carboxylic acid groups (broad SMARTS) is 1. The van der Waals surface area contributed by atoms with Crippen molar-refractivity contribution in [3.05, 3.63) is 76.7 Å². The summed E-state index contributed by atoms with van der Waals surface area (Å²) in [6.45, 7) is 3.60. The molecule has 2 aliphatic heterocycles. The van der Waals surface area contributed by atoms with Crippen molar-refractivity contribution in [1.82, 2.24) is 9.88 Å². The number of benzene rings is 2. The minimum Gasteiger partial charge on any atom is -0.550 e. The Bertz CT molecular complexity index is 1490. The number of ether oxygens (including phenoxy) is 2. The molecule has 3 fully saturated rings. The van der Waals surface area contributed by atoms with E-state index in [2.05, 4.69) is 40.2 Å². The van der Waals surface area contributed by atoms with Gasteiger partial charge >= 0.3 is 0 Å². The minimum atomic E-state index is -0.996. The van der Waals surface area contributed by atoms with Crippen LogP contribution in [0, 0.1) is 23.6 Å². The summed E-state index contributed by atoms with van der Waals surface area (Å²) in [5.41, 5.74) is 5.70. The molecular weight excluding hydrogens is 519 g/mol. The lowest BCUT2D eigenvalue weighted by molar-refractivity contribution is -0.311. The number of nitrogens with zero attached hydrogens (tertiary/aromatic N) is 2. The number of hydrogen-bond acceptors (Lipinski definition) is 6. The molecule has 0 spiro atoms. The van der Waals surface area contributed by atoms with Gasteiger partial charge in [0.15, 0.2) is 0 Å². The maximum Gasteiger partial charge on any atom is 0.213 e. The van der Waals surface area contributed by atoms with Crippen LogP contribution in [0.25, 0.3) is 11.1 Å². The summed E-state index contributed by atoms with van der Waals surface area (Å²) in [5, 5.41) is 11.8. The van der Waals surface area contributed by atoms with Crippen LogP contribution in [0.2, 0.25) is 0 Å². The molecule has 0 N–H and O–H groups in total. The van der Waals surface area contributed by atoms with Crippen LogP contribution in [-0.4, -0.2) is 35.5 Å². The highest BCUT2D eigenvalue weighted by atomic mass is 19.1. The van der Waals surface area contributed by atoms with Gasteiger partial charge in [-0.05, 0) is 96.7 Å². The van der Waals surface area contributed by atoms with Crippen molar-refractivity contribution >= 4 is 5.97 Å². The summed E-state index contributed by atoms with van der Waals surface area (Å²) in [6, 6.07) is 14.8. The van der Waals surface area contributed by atoms with E-state index >= 15 is 4.39 Å². The number of piperidine rings is 1.